The SMILES string of the molecule is Brc1ccc(OC2([C@@H]3CCOC3)CC2)nn1. The molecule has 1 aromatic rings. The predicted molar refractivity (Wildman–Crippen MR) is 61.3 cm³/mol. The van der Waals surface area contributed by atoms with Crippen LogP contribution in [0.25, 0.3) is 0 Å². The van der Waals surface area contributed by atoms with E-state index in [1.807, 2.05) is 12.1 Å². The molecular weight excluding hydrogens is 272 g/mol. The van der Waals surface area contributed by atoms with E-state index in [2.05, 4.69) is 26.1 Å². The molecule has 1 atom stereocenters. The molecule has 1 aromatic heterocycles. The van der Waals surface area contributed by atoms with Gasteiger partial charge in [-0.2, -0.15) is 0 Å². The molecule has 1 aliphatic heterocycles. The van der Waals surface area contributed by atoms with Crippen molar-refractivity contribution in [1.29, 1.82) is 0 Å². The molecule has 0 amide bonds. The number of nitrogens with zero attached hydrogens (tertiary/aromatic N) is 2. The third-order valence-corrected chi connectivity index (χ3v) is 3.75. The summed E-state index contributed by atoms with van der Waals surface area (Å²) in [6.07, 6.45) is 3.32. The third kappa shape index (κ3) is 1.94. The van der Waals surface area contributed by atoms with E-state index >= 15 is 0 Å². The second-order valence-electron chi connectivity index (χ2n) is 4.42. The van der Waals surface area contributed by atoms with E-state index in [4.69, 9.17) is 9.47 Å². The lowest BCUT2D eigenvalue weighted by Gasteiger charge is -2.22. The minimum absolute atomic E-state index is 0.0149. The van der Waals surface area contributed by atoms with E-state index in [0.717, 1.165) is 37.1 Å². The Hall–Kier alpha value is -0.680. The average Bonchev–Trinajstić information content (AvgIpc) is 2.86. The van der Waals surface area contributed by atoms with Crippen LogP contribution in [0.15, 0.2) is 16.7 Å². The first-order valence-corrected chi connectivity index (χ1v) is 6.34. The Balaban J connectivity index is 1.71. The molecule has 0 spiro atoms. The standard InChI is InChI=1S/C11H13BrN2O2/c12-9-1-2-10(14-13-9)16-11(4-5-11)8-3-6-15-7-8/h1-2,8H,3-7H2/t8-/m1/s1. The molecule has 16 heavy (non-hydrogen) atoms. The van der Waals surface area contributed by atoms with Gasteiger partial charge < -0.3 is 9.47 Å². The summed E-state index contributed by atoms with van der Waals surface area (Å²) in [6, 6.07) is 3.70. The Kier molecular flexibility index (Phi) is 2.59. The van der Waals surface area contributed by atoms with E-state index in [0.29, 0.717) is 11.8 Å². The van der Waals surface area contributed by atoms with Crippen LogP contribution in [0.2, 0.25) is 0 Å². The lowest BCUT2D eigenvalue weighted by Crippen LogP contribution is -2.29. The minimum Gasteiger partial charge on any atom is -0.470 e. The topological polar surface area (TPSA) is 44.2 Å². The summed E-state index contributed by atoms with van der Waals surface area (Å²) in [5.74, 6) is 1.14. The van der Waals surface area contributed by atoms with Gasteiger partial charge in [0, 0.05) is 18.6 Å². The first-order valence-electron chi connectivity index (χ1n) is 5.54. The zero-order valence-corrected chi connectivity index (χ0v) is 10.4. The van der Waals surface area contributed by atoms with Crippen LogP contribution >= 0.6 is 15.9 Å². The highest BCUT2D eigenvalue weighted by molar-refractivity contribution is 9.10. The van der Waals surface area contributed by atoms with Gasteiger partial charge in [-0.25, -0.2) is 0 Å². The monoisotopic (exact) mass is 284 g/mol. The first-order chi connectivity index (χ1) is 7.78. The van der Waals surface area contributed by atoms with E-state index in [1.54, 1.807) is 0 Å². The molecular formula is C11H13BrN2O2. The van der Waals surface area contributed by atoms with Crippen LogP contribution in [-0.2, 0) is 4.74 Å². The Labute approximate surface area is 102 Å². The molecule has 4 nitrogen and oxygen atoms in total. The fraction of sp³-hybridized carbons (Fsp3) is 0.636. The summed E-state index contributed by atoms with van der Waals surface area (Å²) < 4.78 is 12.1. The van der Waals surface area contributed by atoms with Gasteiger partial charge in [-0.05, 0) is 41.3 Å². The zero-order valence-electron chi connectivity index (χ0n) is 8.86. The average molecular weight is 285 g/mol. The molecule has 0 aromatic carbocycles. The lowest BCUT2D eigenvalue weighted by molar-refractivity contribution is 0.0863. The smallest absolute Gasteiger partial charge is 0.234 e. The van der Waals surface area contributed by atoms with Crippen molar-refractivity contribution in [3.63, 3.8) is 0 Å². The minimum atomic E-state index is -0.0149. The van der Waals surface area contributed by atoms with E-state index < -0.39 is 0 Å². The Morgan fingerprint density at radius 2 is 2.25 bits per heavy atom. The zero-order chi connectivity index (χ0) is 11.0. The van der Waals surface area contributed by atoms with Gasteiger partial charge in [-0.3, -0.25) is 0 Å². The van der Waals surface area contributed by atoms with Gasteiger partial charge in [0.25, 0.3) is 0 Å². The molecule has 1 saturated heterocycles. The molecule has 1 aliphatic carbocycles. The molecule has 0 bridgehead atoms. The molecule has 5 heteroatoms. The predicted octanol–water partition coefficient (Wildman–Crippen LogP) is 2.19. The van der Waals surface area contributed by atoms with Crippen LogP contribution in [0, 0.1) is 5.92 Å². The van der Waals surface area contributed by atoms with Crippen molar-refractivity contribution in [2.45, 2.75) is 24.9 Å². The van der Waals surface area contributed by atoms with Gasteiger partial charge in [0.1, 0.15) is 10.2 Å². The summed E-state index contributed by atoms with van der Waals surface area (Å²) in [6.45, 7) is 1.69. The van der Waals surface area contributed by atoms with E-state index in [1.165, 1.54) is 0 Å². The number of hydrogen-bond donors (Lipinski definition) is 0. The highest BCUT2D eigenvalue weighted by Crippen LogP contribution is 2.48. The Bertz CT molecular complexity index is 372. The van der Waals surface area contributed by atoms with Crippen LogP contribution in [0.5, 0.6) is 5.88 Å². The summed E-state index contributed by atoms with van der Waals surface area (Å²) >= 11 is 3.26. The van der Waals surface area contributed by atoms with Crippen LogP contribution in [-0.4, -0.2) is 29.0 Å². The quantitative estimate of drug-likeness (QED) is 0.854. The molecule has 0 radical (unpaired) electrons. The van der Waals surface area contributed by atoms with Gasteiger partial charge >= 0.3 is 0 Å². The van der Waals surface area contributed by atoms with Crippen molar-refractivity contribution in [2.75, 3.05) is 13.2 Å². The van der Waals surface area contributed by atoms with Crippen LogP contribution in [0.3, 0.4) is 0 Å². The maximum Gasteiger partial charge on any atom is 0.234 e. The van der Waals surface area contributed by atoms with Crippen molar-refractivity contribution in [2.24, 2.45) is 5.92 Å². The third-order valence-electron chi connectivity index (χ3n) is 3.33. The molecule has 0 N–H and O–H groups in total. The number of halogens is 1. The van der Waals surface area contributed by atoms with Crippen molar-refractivity contribution in [1.82, 2.24) is 10.2 Å². The second kappa shape index (κ2) is 3.96. The van der Waals surface area contributed by atoms with E-state index in [-0.39, 0.29) is 5.60 Å². The van der Waals surface area contributed by atoms with Gasteiger partial charge in [0.05, 0.1) is 6.61 Å². The summed E-state index contributed by atoms with van der Waals surface area (Å²) in [7, 11) is 0. The number of ether oxygens (including phenoxy) is 2. The van der Waals surface area contributed by atoms with Gasteiger partial charge in [-0.1, -0.05) is 0 Å². The summed E-state index contributed by atoms with van der Waals surface area (Å²) in [5, 5.41) is 7.94. The van der Waals surface area contributed by atoms with E-state index in [9.17, 15) is 0 Å². The van der Waals surface area contributed by atoms with Crippen molar-refractivity contribution >= 4 is 15.9 Å². The van der Waals surface area contributed by atoms with Crippen LogP contribution in [0.4, 0.5) is 0 Å². The fourth-order valence-electron chi connectivity index (χ4n) is 2.23. The maximum absolute atomic E-state index is 5.98. The summed E-state index contributed by atoms with van der Waals surface area (Å²) in [5.41, 5.74) is -0.0149. The first kappa shape index (κ1) is 10.5. The Morgan fingerprint density at radius 3 is 2.81 bits per heavy atom. The van der Waals surface area contributed by atoms with Gasteiger partial charge in [0.2, 0.25) is 5.88 Å². The molecule has 3 rings (SSSR count). The molecule has 2 aliphatic rings. The van der Waals surface area contributed by atoms with Crippen molar-refractivity contribution in [3.8, 4) is 5.88 Å². The number of hydrogen-bond acceptors (Lipinski definition) is 4. The molecule has 86 valence electrons. The fourth-order valence-corrected chi connectivity index (χ4v) is 2.44. The Morgan fingerprint density at radius 1 is 1.38 bits per heavy atom. The molecule has 2 fully saturated rings. The highest BCUT2D eigenvalue weighted by atomic mass is 79.9. The largest absolute Gasteiger partial charge is 0.470 e. The molecule has 0 unspecified atom stereocenters. The highest BCUT2D eigenvalue weighted by Gasteiger charge is 2.53. The van der Waals surface area contributed by atoms with Crippen molar-refractivity contribution in [3.05, 3.63) is 16.7 Å². The number of aromatic nitrogens is 2. The summed E-state index contributed by atoms with van der Waals surface area (Å²) in [4.78, 5) is 0. The van der Waals surface area contributed by atoms with Gasteiger partial charge in [0.15, 0.2) is 0 Å². The van der Waals surface area contributed by atoms with Crippen LogP contribution < -0.4 is 4.74 Å². The normalized spacial score (nSPS) is 26.7. The second-order valence-corrected chi connectivity index (χ2v) is 5.23. The van der Waals surface area contributed by atoms with Crippen molar-refractivity contribution < 1.29 is 9.47 Å². The molecule has 1 saturated carbocycles. The molecule has 2 heterocycles. The van der Waals surface area contributed by atoms with Gasteiger partial charge in [-0.15, -0.1) is 10.2 Å². The maximum atomic E-state index is 5.98. The number of rotatable bonds is 3. The van der Waals surface area contributed by atoms with Crippen LogP contribution in [0.1, 0.15) is 19.3 Å². The lowest BCUT2D eigenvalue weighted by atomic mass is 10.00.